The molecule has 1 fully saturated rings. The van der Waals surface area contributed by atoms with Gasteiger partial charge in [0.15, 0.2) is 5.65 Å². The summed E-state index contributed by atoms with van der Waals surface area (Å²) in [6, 6.07) is 0. The number of hydrogen-bond donors (Lipinski definition) is 1. The first-order chi connectivity index (χ1) is 9.66. The summed E-state index contributed by atoms with van der Waals surface area (Å²) in [4.78, 5) is 22.7. The number of likely N-dealkylation sites (tertiary alicyclic amines) is 1. The molecule has 1 aliphatic rings. The molecule has 3 heterocycles. The van der Waals surface area contributed by atoms with E-state index in [1.807, 2.05) is 18.7 Å². The maximum Gasteiger partial charge on any atom is 0.225 e. The van der Waals surface area contributed by atoms with E-state index in [0.29, 0.717) is 5.65 Å². The molecule has 0 aliphatic carbocycles. The summed E-state index contributed by atoms with van der Waals surface area (Å²) in [6.45, 7) is 5.49. The summed E-state index contributed by atoms with van der Waals surface area (Å²) < 4.78 is 0. The highest BCUT2D eigenvalue weighted by atomic mass is 16.2. The molecule has 0 aromatic carbocycles. The van der Waals surface area contributed by atoms with Crippen molar-refractivity contribution in [3.05, 3.63) is 18.1 Å². The molecular weight excluding hydrogens is 254 g/mol. The van der Waals surface area contributed by atoms with Gasteiger partial charge in [-0.1, -0.05) is 13.8 Å². The largest absolute Gasteiger partial charge is 0.342 e. The van der Waals surface area contributed by atoms with Crippen LogP contribution in [-0.2, 0) is 4.79 Å². The number of nitrogens with zero attached hydrogens (tertiary/aromatic N) is 4. The number of amides is 1. The molecule has 0 spiro atoms. The van der Waals surface area contributed by atoms with E-state index >= 15 is 0 Å². The molecule has 0 saturated carbocycles. The fourth-order valence-corrected chi connectivity index (χ4v) is 2.83. The topological polar surface area (TPSA) is 74.8 Å². The third-order valence-corrected chi connectivity index (χ3v) is 3.85. The van der Waals surface area contributed by atoms with Crippen LogP contribution in [0.4, 0.5) is 0 Å². The molecule has 6 nitrogen and oxygen atoms in total. The van der Waals surface area contributed by atoms with E-state index in [0.717, 1.165) is 37.1 Å². The Labute approximate surface area is 117 Å². The van der Waals surface area contributed by atoms with E-state index in [1.54, 1.807) is 12.4 Å². The number of fused-ring (bicyclic) bond motifs is 1. The van der Waals surface area contributed by atoms with Crippen molar-refractivity contribution in [3.8, 4) is 0 Å². The van der Waals surface area contributed by atoms with Crippen molar-refractivity contribution < 1.29 is 4.79 Å². The fourth-order valence-electron chi connectivity index (χ4n) is 2.83. The lowest BCUT2D eigenvalue weighted by atomic mass is 9.93. The fraction of sp³-hybridized carbons (Fsp3) is 0.571. The maximum atomic E-state index is 12.1. The van der Waals surface area contributed by atoms with E-state index in [2.05, 4.69) is 20.2 Å². The van der Waals surface area contributed by atoms with Gasteiger partial charge in [-0.05, 0) is 12.8 Å². The van der Waals surface area contributed by atoms with Gasteiger partial charge >= 0.3 is 0 Å². The molecule has 1 amide bonds. The van der Waals surface area contributed by atoms with E-state index in [1.165, 1.54) is 0 Å². The van der Waals surface area contributed by atoms with Crippen LogP contribution in [0.25, 0.3) is 11.2 Å². The van der Waals surface area contributed by atoms with Crippen molar-refractivity contribution in [2.24, 2.45) is 5.92 Å². The Morgan fingerprint density at radius 1 is 1.40 bits per heavy atom. The second kappa shape index (κ2) is 5.19. The number of nitrogens with one attached hydrogen (secondary N) is 1. The molecule has 20 heavy (non-hydrogen) atoms. The Morgan fingerprint density at radius 3 is 3.00 bits per heavy atom. The van der Waals surface area contributed by atoms with Crippen LogP contribution in [0.15, 0.2) is 12.4 Å². The van der Waals surface area contributed by atoms with E-state index in [9.17, 15) is 4.79 Å². The summed E-state index contributed by atoms with van der Waals surface area (Å²) in [5.74, 6) is 0.546. The van der Waals surface area contributed by atoms with Gasteiger partial charge in [0.05, 0.1) is 5.69 Å². The average Bonchev–Trinajstić information content (AvgIpc) is 2.90. The first-order valence-corrected chi connectivity index (χ1v) is 7.10. The second-order valence-electron chi connectivity index (χ2n) is 5.64. The summed E-state index contributed by atoms with van der Waals surface area (Å²) in [5.41, 5.74) is 2.49. The smallest absolute Gasteiger partial charge is 0.225 e. The Balaban J connectivity index is 1.85. The van der Waals surface area contributed by atoms with Gasteiger partial charge in [-0.3, -0.25) is 9.89 Å². The van der Waals surface area contributed by atoms with Gasteiger partial charge in [0.1, 0.15) is 5.52 Å². The lowest BCUT2D eigenvalue weighted by Gasteiger charge is -2.33. The minimum Gasteiger partial charge on any atom is -0.342 e. The van der Waals surface area contributed by atoms with Gasteiger partial charge < -0.3 is 4.90 Å². The number of piperidine rings is 1. The molecule has 1 N–H and O–H groups in total. The Hall–Kier alpha value is -1.98. The van der Waals surface area contributed by atoms with Crippen LogP contribution in [0.1, 0.15) is 38.3 Å². The molecule has 2 aromatic rings. The lowest BCUT2D eigenvalue weighted by molar-refractivity contribution is -0.135. The average molecular weight is 273 g/mol. The minimum atomic E-state index is 0.0482. The molecule has 0 radical (unpaired) electrons. The summed E-state index contributed by atoms with van der Waals surface area (Å²) >= 11 is 0. The Morgan fingerprint density at radius 2 is 2.20 bits per heavy atom. The lowest BCUT2D eigenvalue weighted by Crippen LogP contribution is -2.41. The van der Waals surface area contributed by atoms with Crippen molar-refractivity contribution in [1.29, 1.82) is 0 Å². The van der Waals surface area contributed by atoms with E-state index < -0.39 is 0 Å². The van der Waals surface area contributed by atoms with Gasteiger partial charge in [0, 0.05) is 37.3 Å². The first-order valence-electron chi connectivity index (χ1n) is 7.10. The predicted octanol–water partition coefficient (Wildman–Crippen LogP) is 1.71. The van der Waals surface area contributed by atoms with Gasteiger partial charge in [0.25, 0.3) is 0 Å². The third kappa shape index (κ3) is 2.26. The molecule has 1 atom stereocenters. The van der Waals surface area contributed by atoms with Crippen molar-refractivity contribution in [3.63, 3.8) is 0 Å². The normalized spacial score (nSPS) is 19.8. The van der Waals surface area contributed by atoms with Crippen LogP contribution in [0.3, 0.4) is 0 Å². The van der Waals surface area contributed by atoms with E-state index in [-0.39, 0.29) is 17.7 Å². The molecule has 1 unspecified atom stereocenters. The molecule has 0 bridgehead atoms. The standard InChI is InChI=1S/C14H19N5O/c1-9(2)14(20)19-7-3-4-10(8-19)11-12-13(18-17-11)16-6-5-15-12/h5-6,9-10H,3-4,7-8H2,1-2H3,(H,16,17,18). The van der Waals surface area contributed by atoms with Crippen LogP contribution < -0.4 is 0 Å². The number of H-pyrrole nitrogens is 1. The predicted molar refractivity (Wildman–Crippen MR) is 75.1 cm³/mol. The van der Waals surface area contributed by atoms with E-state index in [4.69, 9.17) is 0 Å². The molecule has 1 saturated heterocycles. The maximum absolute atomic E-state index is 12.1. The quantitative estimate of drug-likeness (QED) is 0.904. The van der Waals surface area contributed by atoms with Crippen LogP contribution in [0.5, 0.6) is 0 Å². The first kappa shape index (κ1) is 13.0. The van der Waals surface area contributed by atoms with Crippen LogP contribution in [0, 0.1) is 5.92 Å². The molecule has 1 aliphatic heterocycles. The summed E-state index contributed by atoms with van der Waals surface area (Å²) in [7, 11) is 0. The van der Waals surface area contributed by atoms with Gasteiger partial charge in [-0.15, -0.1) is 0 Å². The monoisotopic (exact) mass is 273 g/mol. The van der Waals surface area contributed by atoms with Crippen molar-refractivity contribution in [1.82, 2.24) is 25.1 Å². The van der Waals surface area contributed by atoms with Crippen LogP contribution in [0.2, 0.25) is 0 Å². The zero-order valence-electron chi connectivity index (χ0n) is 11.8. The molecule has 106 valence electrons. The Kier molecular flexibility index (Phi) is 3.38. The summed E-state index contributed by atoms with van der Waals surface area (Å²) in [5, 5.41) is 7.26. The number of aromatic nitrogens is 4. The number of rotatable bonds is 2. The zero-order valence-corrected chi connectivity index (χ0v) is 11.8. The third-order valence-electron chi connectivity index (χ3n) is 3.85. The number of carbonyl (C=O) groups is 1. The SMILES string of the molecule is CC(C)C(=O)N1CCCC(c2[nH]nc3nccnc23)C1. The number of carbonyl (C=O) groups excluding carboxylic acids is 1. The minimum absolute atomic E-state index is 0.0482. The highest BCUT2D eigenvalue weighted by Crippen LogP contribution is 2.29. The van der Waals surface area contributed by atoms with Gasteiger partial charge in [-0.2, -0.15) is 5.10 Å². The summed E-state index contributed by atoms with van der Waals surface area (Å²) in [6.07, 6.45) is 5.39. The van der Waals surface area contributed by atoms with Gasteiger partial charge in [0.2, 0.25) is 5.91 Å². The van der Waals surface area contributed by atoms with Crippen LogP contribution in [-0.4, -0.2) is 44.1 Å². The highest BCUT2D eigenvalue weighted by molar-refractivity contribution is 5.78. The zero-order chi connectivity index (χ0) is 14.1. The second-order valence-corrected chi connectivity index (χ2v) is 5.64. The number of hydrogen-bond acceptors (Lipinski definition) is 4. The molecule has 2 aromatic heterocycles. The molecular formula is C14H19N5O. The van der Waals surface area contributed by atoms with Crippen molar-refractivity contribution >= 4 is 17.1 Å². The molecule has 3 rings (SSSR count). The molecule has 6 heteroatoms. The van der Waals surface area contributed by atoms with Crippen LogP contribution >= 0.6 is 0 Å². The van der Waals surface area contributed by atoms with Gasteiger partial charge in [-0.25, -0.2) is 9.97 Å². The van der Waals surface area contributed by atoms with Crippen molar-refractivity contribution in [2.75, 3.05) is 13.1 Å². The highest BCUT2D eigenvalue weighted by Gasteiger charge is 2.28. The Bertz CT molecular complexity index is 621. The van der Waals surface area contributed by atoms with Crippen molar-refractivity contribution in [2.45, 2.75) is 32.6 Å². The number of aromatic amines is 1.